The van der Waals surface area contributed by atoms with Gasteiger partial charge < -0.3 is 14.8 Å². The fourth-order valence-electron chi connectivity index (χ4n) is 1.81. The Morgan fingerprint density at radius 3 is 2.44 bits per heavy atom. The Hall–Kier alpha value is -2.15. The van der Waals surface area contributed by atoms with E-state index in [1.165, 1.54) is 12.1 Å². The van der Waals surface area contributed by atoms with Crippen molar-refractivity contribution < 1.29 is 14.9 Å². The molecule has 2 rings (SSSR count). The topological polar surface area (TPSA) is 88.2 Å². The zero-order valence-corrected chi connectivity index (χ0v) is 9.65. The molecule has 1 fully saturated rings. The molecule has 0 spiro atoms. The molecule has 1 saturated heterocycles. The van der Waals surface area contributed by atoms with Crippen LogP contribution in [0.2, 0.25) is 0 Å². The normalized spacial score (nSPS) is 16.7. The predicted molar refractivity (Wildman–Crippen MR) is 63.8 cm³/mol. The van der Waals surface area contributed by atoms with E-state index in [0.29, 0.717) is 37.7 Å². The number of non-ortho nitro benzene ring substituents is 1. The van der Waals surface area contributed by atoms with Gasteiger partial charge in [0.05, 0.1) is 18.1 Å². The molecule has 1 aromatic rings. The van der Waals surface area contributed by atoms with Crippen molar-refractivity contribution in [3.63, 3.8) is 0 Å². The Morgan fingerprint density at radius 2 is 1.94 bits per heavy atom. The molecular weight excluding hydrogens is 238 g/mol. The van der Waals surface area contributed by atoms with Crippen molar-refractivity contribution in [1.82, 2.24) is 4.90 Å². The van der Waals surface area contributed by atoms with Crippen LogP contribution in [0, 0.1) is 10.1 Å². The minimum atomic E-state index is -0.464. The molecule has 0 atom stereocenters. The highest BCUT2D eigenvalue weighted by molar-refractivity contribution is 5.98. The number of rotatable bonds is 2. The first-order valence-electron chi connectivity index (χ1n) is 5.52. The third-order valence-corrected chi connectivity index (χ3v) is 2.74. The molecule has 0 saturated carbocycles. The van der Waals surface area contributed by atoms with Gasteiger partial charge in [0.15, 0.2) is 5.84 Å². The lowest BCUT2D eigenvalue weighted by atomic mass is 10.1. The maximum Gasteiger partial charge on any atom is 0.269 e. The summed E-state index contributed by atoms with van der Waals surface area (Å²) in [6, 6.07) is 5.92. The molecule has 1 aliphatic heterocycles. The van der Waals surface area contributed by atoms with Crippen molar-refractivity contribution in [2.45, 2.75) is 0 Å². The maximum atomic E-state index is 10.6. The summed E-state index contributed by atoms with van der Waals surface area (Å²) in [5.41, 5.74) is 0.656. The van der Waals surface area contributed by atoms with Crippen LogP contribution in [0.15, 0.2) is 29.4 Å². The zero-order chi connectivity index (χ0) is 13.0. The average Bonchev–Trinajstić information content (AvgIpc) is 2.41. The highest BCUT2D eigenvalue weighted by atomic mass is 16.6. The fraction of sp³-hybridized carbons (Fsp3) is 0.364. The van der Waals surface area contributed by atoms with Crippen molar-refractivity contribution in [2.75, 3.05) is 26.3 Å². The number of nitro benzene ring substituents is 1. The molecule has 0 radical (unpaired) electrons. The molecule has 1 aliphatic rings. The highest BCUT2D eigenvalue weighted by Crippen LogP contribution is 2.14. The van der Waals surface area contributed by atoms with Crippen LogP contribution in [0.5, 0.6) is 0 Å². The molecule has 1 N–H and O–H groups in total. The predicted octanol–water partition coefficient (Wildman–Crippen LogP) is 1.06. The zero-order valence-electron chi connectivity index (χ0n) is 9.65. The highest BCUT2D eigenvalue weighted by Gasteiger charge is 2.18. The summed E-state index contributed by atoms with van der Waals surface area (Å²) in [5.74, 6) is 0.410. The van der Waals surface area contributed by atoms with E-state index >= 15 is 0 Å². The second-order valence-corrected chi connectivity index (χ2v) is 3.83. The molecule has 0 unspecified atom stereocenters. The summed E-state index contributed by atoms with van der Waals surface area (Å²) in [6.45, 7) is 2.42. The largest absolute Gasteiger partial charge is 0.409 e. The number of nitrogens with zero attached hydrogens (tertiary/aromatic N) is 3. The number of morpholine rings is 1. The lowest BCUT2D eigenvalue weighted by Gasteiger charge is -2.28. The Morgan fingerprint density at radius 1 is 1.33 bits per heavy atom. The minimum Gasteiger partial charge on any atom is -0.409 e. The fourth-order valence-corrected chi connectivity index (χ4v) is 1.81. The third-order valence-electron chi connectivity index (χ3n) is 2.74. The molecular formula is C11H13N3O4. The van der Waals surface area contributed by atoms with E-state index in [2.05, 4.69) is 5.16 Å². The summed E-state index contributed by atoms with van der Waals surface area (Å²) in [5, 5.41) is 22.9. The second-order valence-electron chi connectivity index (χ2n) is 3.83. The second kappa shape index (κ2) is 5.46. The van der Waals surface area contributed by atoms with Crippen LogP contribution in [-0.2, 0) is 4.74 Å². The molecule has 7 nitrogen and oxygen atoms in total. The van der Waals surface area contributed by atoms with Crippen molar-refractivity contribution in [2.24, 2.45) is 5.16 Å². The van der Waals surface area contributed by atoms with Gasteiger partial charge in [-0.3, -0.25) is 10.1 Å². The number of nitro groups is 1. The van der Waals surface area contributed by atoms with Gasteiger partial charge in [-0.15, -0.1) is 0 Å². The van der Waals surface area contributed by atoms with Gasteiger partial charge in [-0.25, -0.2) is 0 Å². The van der Waals surface area contributed by atoms with Gasteiger partial charge in [-0.05, 0) is 12.1 Å². The molecule has 7 heteroatoms. The number of ether oxygens (including phenoxy) is 1. The first-order chi connectivity index (χ1) is 8.72. The lowest BCUT2D eigenvalue weighted by molar-refractivity contribution is -0.384. The molecule has 18 heavy (non-hydrogen) atoms. The average molecular weight is 251 g/mol. The van der Waals surface area contributed by atoms with Crippen LogP contribution in [-0.4, -0.2) is 47.2 Å². The van der Waals surface area contributed by atoms with Gasteiger partial charge in [0, 0.05) is 30.8 Å². The van der Waals surface area contributed by atoms with Crippen LogP contribution in [0.25, 0.3) is 0 Å². The summed E-state index contributed by atoms with van der Waals surface area (Å²) >= 11 is 0. The van der Waals surface area contributed by atoms with Crippen LogP contribution >= 0.6 is 0 Å². The SMILES string of the molecule is O=[N+]([O-])c1ccc(/C(=N/O)N2CCOCC2)cc1. The van der Waals surface area contributed by atoms with Crippen molar-refractivity contribution in [1.29, 1.82) is 0 Å². The standard InChI is InChI=1S/C11H13N3O4/c15-12-11(13-5-7-18-8-6-13)9-1-3-10(4-2-9)14(16)17/h1-4,15H,5-8H2/b12-11-. The number of oxime groups is 1. The summed E-state index contributed by atoms with van der Waals surface area (Å²) < 4.78 is 5.21. The quantitative estimate of drug-likeness (QED) is 0.279. The minimum absolute atomic E-state index is 0.0121. The van der Waals surface area contributed by atoms with Crippen molar-refractivity contribution in [3.05, 3.63) is 39.9 Å². The van der Waals surface area contributed by atoms with Gasteiger partial charge >= 0.3 is 0 Å². The lowest BCUT2D eigenvalue weighted by Crippen LogP contribution is -2.41. The first-order valence-corrected chi connectivity index (χ1v) is 5.52. The van der Waals surface area contributed by atoms with E-state index < -0.39 is 4.92 Å². The molecule has 1 heterocycles. The smallest absolute Gasteiger partial charge is 0.269 e. The molecule has 0 bridgehead atoms. The summed E-state index contributed by atoms with van der Waals surface area (Å²) in [7, 11) is 0. The van der Waals surface area contributed by atoms with E-state index in [4.69, 9.17) is 9.94 Å². The summed E-state index contributed by atoms with van der Waals surface area (Å²) in [6.07, 6.45) is 0. The Kier molecular flexibility index (Phi) is 3.73. The van der Waals surface area contributed by atoms with Crippen LogP contribution in [0.4, 0.5) is 5.69 Å². The third kappa shape index (κ3) is 2.57. The van der Waals surface area contributed by atoms with Gasteiger partial charge in [0.2, 0.25) is 0 Å². The first kappa shape index (κ1) is 12.3. The molecule has 0 amide bonds. The van der Waals surface area contributed by atoms with E-state index in [1.807, 2.05) is 4.90 Å². The molecule has 1 aromatic carbocycles. The van der Waals surface area contributed by atoms with E-state index in [9.17, 15) is 10.1 Å². The van der Waals surface area contributed by atoms with Crippen LogP contribution in [0.1, 0.15) is 5.56 Å². The van der Waals surface area contributed by atoms with Gasteiger partial charge in [-0.2, -0.15) is 0 Å². The van der Waals surface area contributed by atoms with E-state index in [1.54, 1.807) is 12.1 Å². The van der Waals surface area contributed by atoms with Gasteiger partial charge in [0.25, 0.3) is 5.69 Å². The number of hydrogen-bond donors (Lipinski definition) is 1. The molecule has 0 aliphatic carbocycles. The van der Waals surface area contributed by atoms with Crippen LogP contribution in [0.3, 0.4) is 0 Å². The number of benzene rings is 1. The van der Waals surface area contributed by atoms with Gasteiger partial charge in [-0.1, -0.05) is 5.16 Å². The summed E-state index contributed by atoms with van der Waals surface area (Å²) in [4.78, 5) is 12.0. The van der Waals surface area contributed by atoms with Crippen molar-refractivity contribution in [3.8, 4) is 0 Å². The molecule has 0 aromatic heterocycles. The maximum absolute atomic E-state index is 10.6. The van der Waals surface area contributed by atoms with E-state index in [-0.39, 0.29) is 5.69 Å². The molecule has 96 valence electrons. The number of hydrogen-bond acceptors (Lipinski definition) is 5. The monoisotopic (exact) mass is 251 g/mol. The van der Waals surface area contributed by atoms with Crippen molar-refractivity contribution >= 4 is 11.5 Å². The van der Waals surface area contributed by atoms with E-state index in [0.717, 1.165) is 0 Å². The number of amidine groups is 1. The Labute approximate surface area is 103 Å². The van der Waals surface area contributed by atoms with Crippen LogP contribution < -0.4 is 0 Å². The van der Waals surface area contributed by atoms with Gasteiger partial charge in [0.1, 0.15) is 0 Å². The Balaban J connectivity index is 2.19. The Bertz CT molecular complexity index is 452.